The number of aliphatic imine (C=N–C) groups is 2. The Morgan fingerprint density at radius 3 is 2.78 bits per heavy atom. The van der Waals surface area contributed by atoms with Gasteiger partial charge in [0.2, 0.25) is 0 Å². The predicted molar refractivity (Wildman–Crippen MR) is 37.7 cm³/mol. The van der Waals surface area contributed by atoms with E-state index in [-0.39, 0.29) is 5.71 Å². The van der Waals surface area contributed by atoms with Gasteiger partial charge in [0.05, 0.1) is 6.21 Å². The standard InChI is InChI=1S/C6H7N3/c1-3-9-6(4-7)5-8-2/h3,5H,1H2,2H3. The lowest BCUT2D eigenvalue weighted by Crippen LogP contribution is -1.92. The van der Waals surface area contributed by atoms with Crippen molar-refractivity contribution in [2.45, 2.75) is 0 Å². The van der Waals surface area contributed by atoms with E-state index in [1.807, 2.05) is 6.07 Å². The molecule has 3 heteroatoms. The number of hydrogen-bond donors (Lipinski definition) is 0. The fourth-order valence-corrected chi connectivity index (χ4v) is 0.312. The first-order valence-corrected chi connectivity index (χ1v) is 2.36. The minimum Gasteiger partial charge on any atom is -0.293 e. The molecule has 0 saturated carbocycles. The summed E-state index contributed by atoms with van der Waals surface area (Å²) in [6.45, 7) is 3.33. The van der Waals surface area contributed by atoms with Crippen LogP contribution in [-0.4, -0.2) is 19.0 Å². The Morgan fingerprint density at radius 2 is 2.44 bits per heavy atom. The molecule has 0 saturated heterocycles. The molecule has 0 aliphatic rings. The first kappa shape index (κ1) is 7.57. The van der Waals surface area contributed by atoms with Gasteiger partial charge in [-0.3, -0.25) is 4.99 Å². The maximum atomic E-state index is 8.27. The molecule has 0 bridgehead atoms. The second kappa shape index (κ2) is 4.72. The molecule has 0 unspecified atom stereocenters. The smallest absolute Gasteiger partial charge is 0.158 e. The first-order valence-electron chi connectivity index (χ1n) is 2.36. The molecule has 0 spiro atoms. The third-order valence-electron chi connectivity index (χ3n) is 0.596. The van der Waals surface area contributed by atoms with Gasteiger partial charge in [-0.05, 0) is 0 Å². The summed E-state index contributed by atoms with van der Waals surface area (Å²) in [7, 11) is 1.58. The molecular weight excluding hydrogens is 114 g/mol. The van der Waals surface area contributed by atoms with Gasteiger partial charge >= 0.3 is 0 Å². The minimum atomic E-state index is 0.271. The lowest BCUT2D eigenvalue weighted by molar-refractivity contribution is 1.47. The number of rotatable bonds is 2. The number of nitrogens with zero attached hydrogens (tertiary/aromatic N) is 3. The van der Waals surface area contributed by atoms with E-state index in [4.69, 9.17) is 5.26 Å². The number of hydrogen-bond acceptors (Lipinski definition) is 3. The van der Waals surface area contributed by atoms with Gasteiger partial charge in [-0.2, -0.15) is 5.26 Å². The summed E-state index contributed by atoms with van der Waals surface area (Å²) in [5.74, 6) is 0. The largest absolute Gasteiger partial charge is 0.293 e. The average molecular weight is 121 g/mol. The molecule has 0 amide bonds. The summed E-state index contributed by atoms with van der Waals surface area (Å²) in [5, 5.41) is 8.27. The van der Waals surface area contributed by atoms with Crippen LogP contribution in [-0.2, 0) is 0 Å². The molecule has 0 radical (unpaired) electrons. The summed E-state index contributed by atoms with van der Waals surface area (Å²) >= 11 is 0. The molecule has 0 aliphatic heterocycles. The Hall–Kier alpha value is -1.43. The Bertz CT molecular complexity index is 183. The highest BCUT2D eigenvalue weighted by atomic mass is 14.7. The first-order chi connectivity index (χ1) is 4.35. The summed E-state index contributed by atoms with van der Waals surface area (Å²) in [4.78, 5) is 7.20. The van der Waals surface area contributed by atoms with Crippen molar-refractivity contribution in [1.82, 2.24) is 0 Å². The molecule has 0 N–H and O–H groups in total. The quantitative estimate of drug-likeness (QED) is 0.498. The van der Waals surface area contributed by atoms with Crippen LogP contribution in [0.3, 0.4) is 0 Å². The molecule has 0 aromatic carbocycles. The molecule has 0 aromatic rings. The highest BCUT2D eigenvalue weighted by Crippen LogP contribution is 1.73. The van der Waals surface area contributed by atoms with Gasteiger partial charge in [-0.1, -0.05) is 6.58 Å². The molecule has 0 rings (SSSR count). The molecular formula is C6H7N3. The highest BCUT2D eigenvalue weighted by molar-refractivity contribution is 6.38. The summed E-state index contributed by atoms with van der Waals surface area (Å²) in [5.41, 5.74) is 0.271. The van der Waals surface area contributed by atoms with Crippen LogP contribution in [0, 0.1) is 11.3 Å². The lowest BCUT2D eigenvalue weighted by atomic mass is 10.4. The van der Waals surface area contributed by atoms with Crippen molar-refractivity contribution in [3.05, 3.63) is 12.8 Å². The van der Waals surface area contributed by atoms with Crippen LogP contribution in [0.15, 0.2) is 22.8 Å². The van der Waals surface area contributed by atoms with E-state index >= 15 is 0 Å². The van der Waals surface area contributed by atoms with Crippen LogP contribution in [0.4, 0.5) is 0 Å². The highest BCUT2D eigenvalue weighted by Gasteiger charge is 1.84. The molecule has 9 heavy (non-hydrogen) atoms. The van der Waals surface area contributed by atoms with Crippen molar-refractivity contribution in [1.29, 1.82) is 5.26 Å². The zero-order valence-electron chi connectivity index (χ0n) is 5.20. The van der Waals surface area contributed by atoms with E-state index in [1.54, 1.807) is 7.05 Å². The van der Waals surface area contributed by atoms with Gasteiger partial charge in [0.25, 0.3) is 0 Å². The van der Waals surface area contributed by atoms with Gasteiger partial charge in [-0.15, -0.1) is 0 Å². The summed E-state index contributed by atoms with van der Waals surface area (Å²) in [6, 6.07) is 1.83. The molecule has 46 valence electrons. The minimum absolute atomic E-state index is 0.271. The third-order valence-corrected chi connectivity index (χ3v) is 0.596. The zero-order valence-corrected chi connectivity index (χ0v) is 5.20. The SMILES string of the molecule is C=CN=C(C#N)C=NC. The van der Waals surface area contributed by atoms with Crippen molar-refractivity contribution in [2.24, 2.45) is 9.98 Å². The van der Waals surface area contributed by atoms with Crippen molar-refractivity contribution >= 4 is 11.9 Å². The maximum absolute atomic E-state index is 8.27. The van der Waals surface area contributed by atoms with Crippen molar-refractivity contribution < 1.29 is 0 Å². The maximum Gasteiger partial charge on any atom is 0.158 e. The fraction of sp³-hybridized carbons (Fsp3) is 0.167. The van der Waals surface area contributed by atoms with E-state index in [1.165, 1.54) is 12.4 Å². The normalized spacial score (nSPS) is 11.3. The van der Waals surface area contributed by atoms with Gasteiger partial charge in [0, 0.05) is 13.2 Å². The second-order valence-corrected chi connectivity index (χ2v) is 1.20. The van der Waals surface area contributed by atoms with Gasteiger partial charge in [0.15, 0.2) is 5.71 Å². The van der Waals surface area contributed by atoms with E-state index < -0.39 is 0 Å². The fourth-order valence-electron chi connectivity index (χ4n) is 0.312. The Labute approximate surface area is 54.1 Å². The molecule has 0 heterocycles. The lowest BCUT2D eigenvalue weighted by Gasteiger charge is -1.78. The van der Waals surface area contributed by atoms with Crippen LogP contribution < -0.4 is 0 Å². The Balaban J connectivity index is 4.19. The van der Waals surface area contributed by atoms with E-state index in [9.17, 15) is 0 Å². The zero-order chi connectivity index (χ0) is 7.11. The monoisotopic (exact) mass is 121 g/mol. The topological polar surface area (TPSA) is 48.5 Å². The average Bonchev–Trinajstić information content (AvgIpc) is 1.88. The number of nitriles is 1. The Kier molecular flexibility index (Phi) is 3.97. The van der Waals surface area contributed by atoms with E-state index in [2.05, 4.69) is 16.6 Å². The van der Waals surface area contributed by atoms with E-state index in [0.29, 0.717) is 0 Å². The van der Waals surface area contributed by atoms with Crippen LogP contribution in [0.2, 0.25) is 0 Å². The van der Waals surface area contributed by atoms with Crippen molar-refractivity contribution in [3.63, 3.8) is 0 Å². The summed E-state index contributed by atoms with van der Waals surface area (Å²) in [6.07, 6.45) is 2.68. The molecule has 0 aromatic heterocycles. The van der Waals surface area contributed by atoms with Crippen LogP contribution in [0.25, 0.3) is 0 Å². The summed E-state index contributed by atoms with van der Waals surface area (Å²) < 4.78 is 0. The predicted octanol–water partition coefficient (Wildman–Crippen LogP) is 0.795. The van der Waals surface area contributed by atoms with Gasteiger partial charge in [0.1, 0.15) is 6.07 Å². The van der Waals surface area contributed by atoms with Gasteiger partial charge < -0.3 is 0 Å². The second-order valence-electron chi connectivity index (χ2n) is 1.20. The van der Waals surface area contributed by atoms with Gasteiger partial charge in [-0.25, -0.2) is 4.99 Å². The third kappa shape index (κ3) is 3.18. The van der Waals surface area contributed by atoms with Crippen LogP contribution >= 0.6 is 0 Å². The van der Waals surface area contributed by atoms with Crippen LogP contribution in [0.1, 0.15) is 0 Å². The molecule has 0 fully saturated rings. The molecule has 0 atom stereocenters. The van der Waals surface area contributed by atoms with Crippen molar-refractivity contribution in [2.75, 3.05) is 7.05 Å². The molecule has 3 nitrogen and oxygen atoms in total. The molecule has 0 aliphatic carbocycles. The Morgan fingerprint density at radius 1 is 1.78 bits per heavy atom. The van der Waals surface area contributed by atoms with E-state index in [0.717, 1.165) is 0 Å². The van der Waals surface area contributed by atoms with Crippen LogP contribution in [0.5, 0.6) is 0 Å². The van der Waals surface area contributed by atoms with Crippen molar-refractivity contribution in [3.8, 4) is 6.07 Å².